The minimum absolute atomic E-state index is 0.241. The van der Waals surface area contributed by atoms with Crippen LogP contribution in [0.2, 0.25) is 0 Å². The molecule has 10 nitrogen and oxygen atoms in total. The average molecular weight is 583 g/mol. The monoisotopic (exact) mass is 582 g/mol. The lowest BCUT2D eigenvalue weighted by atomic mass is 9.85. The summed E-state index contributed by atoms with van der Waals surface area (Å²) in [4.78, 5) is 23.8. The second-order valence-electron chi connectivity index (χ2n) is 11.5. The van der Waals surface area contributed by atoms with Crippen LogP contribution in [0.1, 0.15) is 79.3 Å². The molecule has 0 saturated carbocycles. The number of fused-ring (bicyclic) bond motifs is 2. The van der Waals surface area contributed by atoms with Gasteiger partial charge in [0, 0.05) is 23.6 Å². The largest absolute Gasteiger partial charge is 0.485 e. The van der Waals surface area contributed by atoms with Gasteiger partial charge >= 0.3 is 0 Å². The fourth-order valence-electron chi connectivity index (χ4n) is 5.08. The van der Waals surface area contributed by atoms with Crippen molar-refractivity contribution in [2.75, 3.05) is 0 Å². The van der Waals surface area contributed by atoms with E-state index in [1.165, 1.54) is 6.92 Å². The number of ether oxygens (including phenoxy) is 2. The highest BCUT2D eigenvalue weighted by Gasteiger charge is 2.44. The summed E-state index contributed by atoms with van der Waals surface area (Å²) in [5, 5.41) is 44.6. The van der Waals surface area contributed by atoms with Crippen molar-refractivity contribution in [3.8, 4) is 23.6 Å². The average Bonchev–Trinajstić information content (AvgIpc) is 2.97. The number of hydrogen-bond acceptors (Lipinski definition) is 8. The zero-order chi connectivity index (χ0) is 31.5. The minimum Gasteiger partial charge on any atom is -0.485 e. The first-order chi connectivity index (χ1) is 20.3. The maximum absolute atomic E-state index is 12.5. The van der Waals surface area contributed by atoms with Crippen LogP contribution in [0.3, 0.4) is 0 Å². The predicted octanol–water partition coefficient (Wildman–Crippen LogP) is 3.83. The lowest BCUT2D eigenvalue weighted by molar-refractivity contribution is -0.123. The molecule has 0 radical (unpaired) electrons. The third kappa shape index (κ3) is 6.62. The van der Waals surface area contributed by atoms with E-state index < -0.39 is 35.5 Å². The Morgan fingerprint density at radius 1 is 0.744 bits per heavy atom. The van der Waals surface area contributed by atoms with Crippen molar-refractivity contribution >= 4 is 11.8 Å². The normalized spacial score (nSPS) is 22.3. The summed E-state index contributed by atoms with van der Waals surface area (Å²) in [5.41, 5.74) is 0.968. The van der Waals surface area contributed by atoms with Crippen LogP contribution in [0.4, 0.5) is 0 Å². The van der Waals surface area contributed by atoms with Crippen LogP contribution in [-0.2, 0) is 4.79 Å². The number of nitriles is 2. The first kappa shape index (κ1) is 31.0. The van der Waals surface area contributed by atoms with Gasteiger partial charge in [-0.15, -0.1) is 0 Å². The molecule has 5 rings (SSSR count). The Morgan fingerprint density at radius 2 is 1.19 bits per heavy atom. The number of nitrogens with one attached hydrogen (secondary N) is 2. The third-order valence-electron chi connectivity index (χ3n) is 7.43. The van der Waals surface area contributed by atoms with Crippen LogP contribution in [-0.4, -0.2) is 45.4 Å². The molecule has 2 amide bonds. The molecule has 10 heteroatoms. The molecule has 0 aliphatic carbocycles. The van der Waals surface area contributed by atoms with Crippen molar-refractivity contribution < 1.29 is 29.3 Å². The summed E-state index contributed by atoms with van der Waals surface area (Å²) in [5.74, 6) is 0.608. The summed E-state index contributed by atoms with van der Waals surface area (Å²) >= 11 is 0. The Labute approximate surface area is 250 Å². The third-order valence-corrected chi connectivity index (χ3v) is 7.43. The van der Waals surface area contributed by atoms with Crippen molar-refractivity contribution in [1.29, 1.82) is 10.5 Å². The van der Waals surface area contributed by atoms with Gasteiger partial charge in [-0.25, -0.2) is 0 Å². The van der Waals surface area contributed by atoms with Crippen molar-refractivity contribution in [2.45, 2.75) is 70.1 Å². The first-order valence-electron chi connectivity index (χ1n) is 13.7. The lowest BCUT2D eigenvalue weighted by Crippen LogP contribution is -2.53. The molecular weight excluding hydrogens is 548 g/mol. The summed E-state index contributed by atoms with van der Waals surface area (Å²) < 4.78 is 11.6. The van der Waals surface area contributed by atoms with Gasteiger partial charge in [0.2, 0.25) is 5.91 Å². The highest BCUT2D eigenvalue weighted by Crippen LogP contribution is 2.41. The van der Waals surface area contributed by atoms with Crippen LogP contribution < -0.4 is 20.1 Å². The quantitative estimate of drug-likeness (QED) is 0.362. The van der Waals surface area contributed by atoms with Crippen LogP contribution >= 0.6 is 0 Å². The maximum atomic E-state index is 12.5. The second-order valence-corrected chi connectivity index (χ2v) is 11.5. The van der Waals surface area contributed by atoms with E-state index in [1.807, 2.05) is 12.1 Å². The van der Waals surface area contributed by atoms with Crippen LogP contribution in [0.25, 0.3) is 0 Å². The standard InChI is InChI=1S/C19H18N2O3.C14H16N2O3/c1-19(2)17(22)16(21-18(23)13-6-4-3-5-7-13)14-10-12(11-20)8-9-15(14)24-19;1-8(17)16-12-10-6-9(7-15)4-5-11(10)19-14(2,3)13(12)18/h3-10,16-17,22H,1-2H3,(H,21,23);4-6,12-13,18H,1-3H3,(H,16,17). The molecule has 3 aromatic carbocycles. The zero-order valence-electron chi connectivity index (χ0n) is 24.6. The Bertz CT molecular complexity index is 1610. The molecule has 43 heavy (non-hydrogen) atoms. The number of rotatable bonds is 3. The van der Waals surface area contributed by atoms with E-state index in [9.17, 15) is 19.8 Å². The predicted molar refractivity (Wildman–Crippen MR) is 157 cm³/mol. The number of aliphatic hydroxyl groups is 2. The van der Waals surface area contributed by atoms with Crippen LogP contribution in [0.15, 0.2) is 66.7 Å². The smallest absolute Gasteiger partial charge is 0.251 e. The van der Waals surface area contributed by atoms with E-state index in [0.717, 1.165) is 0 Å². The fourth-order valence-corrected chi connectivity index (χ4v) is 5.08. The first-order valence-corrected chi connectivity index (χ1v) is 13.7. The Morgan fingerprint density at radius 3 is 1.60 bits per heavy atom. The molecule has 0 aromatic heterocycles. The molecule has 222 valence electrons. The van der Waals surface area contributed by atoms with Gasteiger partial charge in [-0.2, -0.15) is 10.5 Å². The topological polar surface area (TPSA) is 165 Å². The van der Waals surface area contributed by atoms with E-state index in [4.69, 9.17) is 20.0 Å². The van der Waals surface area contributed by atoms with E-state index in [1.54, 1.807) is 88.4 Å². The van der Waals surface area contributed by atoms with E-state index in [0.29, 0.717) is 39.3 Å². The molecule has 0 fully saturated rings. The molecular formula is C33H34N4O6. The maximum Gasteiger partial charge on any atom is 0.251 e. The van der Waals surface area contributed by atoms with Crippen LogP contribution in [0, 0.1) is 22.7 Å². The Kier molecular flexibility index (Phi) is 8.77. The Hall–Kier alpha value is -4.90. The van der Waals surface area contributed by atoms with Crippen molar-refractivity contribution in [3.63, 3.8) is 0 Å². The molecule has 4 atom stereocenters. The highest BCUT2D eigenvalue weighted by atomic mass is 16.5. The number of hydrogen-bond donors (Lipinski definition) is 4. The zero-order valence-corrected chi connectivity index (χ0v) is 24.6. The number of amides is 2. The van der Waals surface area contributed by atoms with Crippen molar-refractivity contribution in [3.05, 3.63) is 94.5 Å². The number of carbonyl (C=O) groups is 2. The summed E-state index contributed by atoms with van der Waals surface area (Å²) in [7, 11) is 0. The lowest BCUT2D eigenvalue weighted by Gasteiger charge is -2.42. The molecule has 2 aliphatic heterocycles. The molecule has 2 aliphatic rings. The van der Waals surface area contributed by atoms with E-state index >= 15 is 0 Å². The summed E-state index contributed by atoms with van der Waals surface area (Å²) in [6.45, 7) is 8.44. The van der Waals surface area contributed by atoms with Crippen molar-refractivity contribution in [1.82, 2.24) is 10.6 Å². The van der Waals surface area contributed by atoms with E-state index in [-0.39, 0.29) is 11.8 Å². The number of carbonyl (C=O) groups excluding carboxylic acids is 2. The van der Waals surface area contributed by atoms with Gasteiger partial charge in [0.1, 0.15) is 34.9 Å². The minimum atomic E-state index is -0.952. The van der Waals surface area contributed by atoms with Gasteiger partial charge in [-0.3, -0.25) is 9.59 Å². The highest BCUT2D eigenvalue weighted by molar-refractivity contribution is 5.94. The molecule has 2 heterocycles. The SMILES string of the molecule is CC(=O)NC1c2cc(C#N)ccc2OC(C)(C)C1O.CC1(C)Oc2ccc(C#N)cc2C(NC(=O)c2ccccc2)C1O. The van der Waals surface area contributed by atoms with Gasteiger partial charge < -0.3 is 30.3 Å². The Balaban J connectivity index is 0.000000203. The molecule has 0 bridgehead atoms. The molecule has 4 N–H and O–H groups in total. The summed E-state index contributed by atoms with van der Waals surface area (Å²) in [6, 6.07) is 21.6. The van der Waals surface area contributed by atoms with E-state index in [2.05, 4.69) is 16.7 Å². The fraction of sp³-hybridized carbons (Fsp3) is 0.333. The number of nitrogens with zero attached hydrogens (tertiary/aromatic N) is 2. The van der Waals surface area contributed by atoms with Gasteiger partial charge in [0.25, 0.3) is 5.91 Å². The molecule has 3 aromatic rings. The van der Waals surface area contributed by atoms with Crippen molar-refractivity contribution in [2.24, 2.45) is 0 Å². The van der Waals surface area contributed by atoms with Gasteiger partial charge in [-0.1, -0.05) is 18.2 Å². The van der Waals surface area contributed by atoms with Gasteiger partial charge in [-0.05, 0) is 76.2 Å². The van der Waals surface area contributed by atoms with Gasteiger partial charge in [0.05, 0.1) is 35.3 Å². The summed E-state index contributed by atoms with van der Waals surface area (Å²) in [6.07, 6.45) is -1.84. The molecule has 0 spiro atoms. The number of benzene rings is 3. The molecule has 4 unspecified atom stereocenters. The second kappa shape index (κ2) is 12.1. The van der Waals surface area contributed by atoms with Crippen LogP contribution in [0.5, 0.6) is 11.5 Å². The number of aliphatic hydroxyl groups excluding tert-OH is 2. The molecule has 0 saturated heterocycles. The van der Waals surface area contributed by atoms with Gasteiger partial charge in [0.15, 0.2) is 0 Å².